The van der Waals surface area contributed by atoms with Crippen molar-refractivity contribution in [3.63, 3.8) is 0 Å². The molecule has 1 aromatic rings. The third-order valence-electron chi connectivity index (χ3n) is 5.68. The number of nitrogens with one attached hydrogen (secondary N) is 1. The first kappa shape index (κ1) is 19.0. The maximum Gasteiger partial charge on any atom is 0.219 e. The molecule has 0 radical (unpaired) electrons. The molecule has 0 saturated carbocycles. The normalized spacial score (nSPS) is 21.7. The van der Waals surface area contributed by atoms with Gasteiger partial charge in [0.05, 0.1) is 12.0 Å². The maximum atomic E-state index is 12.8. The average molecular weight is 380 g/mol. The fourth-order valence-electron chi connectivity index (χ4n) is 4.12. The summed E-state index contributed by atoms with van der Waals surface area (Å²) < 4.78 is 6.29. The van der Waals surface area contributed by atoms with Crippen LogP contribution in [0.25, 0.3) is 0 Å². The van der Waals surface area contributed by atoms with Crippen LogP contribution in [0.2, 0.25) is 0 Å². The third kappa shape index (κ3) is 3.53. The molecule has 0 aromatic heterocycles. The standard InChI is InChI=1S/C19H25N3O3.ClH/c1-14(23)21-8-10-22(11-9-21)15-2-3-18-16(12-15)17(24)13-19(25-18)4-6-20-7-5-19;/h2-3,12,20H,4-11,13H2,1H3;1H. The summed E-state index contributed by atoms with van der Waals surface area (Å²) in [6, 6.07) is 5.95. The zero-order chi connectivity index (χ0) is 17.4. The van der Waals surface area contributed by atoms with Crippen LogP contribution in [0.3, 0.4) is 0 Å². The molecule has 26 heavy (non-hydrogen) atoms. The van der Waals surface area contributed by atoms with Crippen molar-refractivity contribution in [3.05, 3.63) is 23.8 Å². The molecule has 7 heteroatoms. The molecule has 0 unspecified atom stereocenters. The molecule has 142 valence electrons. The van der Waals surface area contributed by atoms with Crippen molar-refractivity contribution in [2.75, 3.05) is 44.2 Å². The summed E-state index contributed by atoms with van der Waals surface area (Å²) in [5.74, 6) is 1.04. The minimum Gasteiger partial charge on any atom is -0.486 e. The highest BCUT2D eigenvalue weighted by atomic mass is 35.5. The van der Waals surface area contributed by atoms with E-state index in [1.807, 2.05) is 23.1 Å². The van der Waals surface area contributed by atoms with Gasteiger partial charge in [-0.1, -0.05) is 0 Å². The number of hydrogen-bond acceptors (Lipinski definition) is 5. The number of anilines is 1. The molecule has 1 spiro atoms. The molecular weight excluding hydrogens is 354 g/mol. The number of ketones is 1. The molecule has 0 atom stereocenters. The predicted octanol–water partition coefficient (Wildman–Crippen LogP) is 1.86. The Bertz CT molecular complexity index is 695. The third-order valence-corrected chi connectivity index (χ3v) is 5.68. The minimum absolute atomic E-state index is 0. The fourth-order valence-corrected chi connectivity index (χ4v) is 4.12. The van der Waals surface area contributed by atoms with E-state index in [1.54, 1.807) is 6.92 Å². The Morgan fingerprint density at radius 3 is 2.50 bits per heavy atom. The number of amides is 1. The lowest BCUT2D eigenvalue weighted by atomic mass is 9.83. The van der Waals surface area contributed by atoms with Crippen molar-refractivity contribution in [3.8, 4) is 5.75 Å². The van der Waals surface area contributed by atoms with Crippen LogP contribution in [-0.2, 0) is 4.79 Å². The number of Topliss-reactive ketones (excluding diaryl/α,β-unsaturated/α-hetero) is 1. The van der Waals surface area contributed by atoms with Gasteiger partial charge in [0.1, 0.15) is 11.4 Å². The van der Waals surface area contributed by atoms with Crippen LogP contribution in [0.15, 0.2) is 18.2 Å². The van der Waals surface area contributed by atoms with Crippen molar-refractivity contribution in [1.82, 2.24) is 10.2 Å². The highest BCUT2D eigenvalue weighted by Crippen LogP contribution is 2.39. The van der Waals surface area contributed by atoms with Crippen molar-refractivity contribution in [1.29, 1.82) is 0 Å². The highest BCUT2D eigenvalue weighted by molar-refractivity contribution is 6.01. The average Bonchev–Trinajstić information content (AvgIpc) is 2.62. The molecule has 1 N–H and O–H groups in total. The topological polar surface area (TPSA) is 61.9 Å². The minimum atomic E-state index is -0.316. The van der Waals surface area contributed by atoms with Gasteiger partial charge in [0.25, 0.3) is 0 Å². The number of halogens is 1. The molecule has 0 aliphatic carbocycles. The first-order chi connectivity index (χ1) is 12.1. The quantitative estimate of drug-likeness (QED) is 0.807. The number of hydrogen-bond donors (Lipinski definition) is 1. The van der Waals surface area contributed by atoms with Gasteiger partial charge in [-0.05, 0) is 31.3 Å². The summed E-state index contributed by atoms with van der Waals surface area (Å²) in [6.45, 7) is 6.47. The number of carbonyl (C=O) groups is 2. The number of ether oxygens (including phenoxy) is 1. The van der Waals surface area contributed by atoms with Gasteiger partial charge in [0, 0.05) is 51.6 Å². The van der Waals surface area contributed by atoms with E-state index in [9.17, 15) is 9.59 Å². The second kappa shape index (κ2) is 7.45. The second-order valence-electron chi connectivity index (χ2n) is 7.31. The monoisotopic (exact) mass is 379 g/mol. The van der Waals surface area contributed by atoms with Gasteiger partial charge in [0.2, 0.25) is 5.91 Å². The van der Waals surface area contributed by atoms with Gasteiger partial charge in [0.15, 0.2) is 5.78 Å². The number of rotatable bonds is 1. The van der Waals surface area contributed by atoms with Gasteiger partial charge >= 0.3 is 0 Å². The van der Waals surface area contributed by atoms with Crippen LogP contribution in [-0.4, -0.2) is 61.5 Å². The van der Waals surface area contributed by atoms with Crippen LogP contribution in [0.5, 0.6) is 5.75 Å². The predicted molar refractivity (Wildman–Crippen MR) is 103 cm³/mol. The summed E-state index contributed by atoms with van der Waals surface area (Å²) in [4.78, 5) is 28.3. The number of piperazine rings is 1. The highest BCUT2D eigenvalue weighted by Gasteiger charge is 2.41. The fraction of sp³-hybridized carbons (Fsp3) is 0.579. The number of fused-ring (bicyclic) bond motifs is 1. The largest absolute Gasteiger partial charge is 0.486 e. The summed E-state index contributed by atoms with van der Waals surface area (Å²) in [6.07, 6.45) is 2.24. The van der Waals surface area contributed by atoms with Gasteiger partial charge in [-0.2, -0.15) is 0 Å². The van der Waals surface area contributed by atoms with E-state index in [0.29, 0.717) is 12.0 Å². The molecule has 3 aliphatic rings. The Balaban J connectivity index is 0.00000196. The maximum absolute atomic E-state index is 12.8. The van der Waals surface area contributed by atoms with E-state index in [1.165, 1.54) is 0 Å². The summed E-state index contributed by atoms with van der Waals surface area (Å²) in [7, 11) is 0. The molecule has 2 saturated heterocycles. The zero-order valence-electron chi connectivity index (χ0n) is 15.1. The Morgan fingerprint density at radius 1 is 1.15 bits per heavy atom. The molecule has 4 rings (SSSR count). The number of carbonyl (C=O) groups excluding carboxylic acids is 2. The van der Waals surface area contributed by atoms with Gasteiger partial charge in [-0.15, -0.1) is 12.4 Å². The van der Waals surface area contributed by atoms with E-state index in [4.69, 9.17) is 4.74 Å². The molecular formula is C19H26ClN3O3. The first-order valence-electron chi connectivity index (χ1n) is 9.14. The van der Waals surface area contributed by atoms with Gasteiger partial charge in [-0.25, -0.2) is 0 Å². The van der Waals surface area contributed by atoms with Crippen molar-refractivity contribution in [2.45, 2.75) is 31.8 Å². The van der Waals surface area contributed by atoms with Crippen LogP contribution >= 0.6 is 12.4 Å². The van der Waals surface area contributed by atoms with E-state index < -0.39 is 0 Å². The second-order valence-corrected chi connectivity index (χ2v) is 7.31. The summed E-state index contributed by atoms with van der Waals surface area (Å²) >= 11 is 0. The van der Waals surface area contributed by atoms with E-state index in [2.05, 4.69) is 10.2 Å². The molecule has 0 bridgehead atoms. The Kier molecular flexibility index (Phi) is 5.44. The lowest BCUT2D eigenvalue weighted by Crippen LogP contribution is -2.50. The molecule has 3 aliphatic heterocycles. The van der Waals surface area contributed by atoms with Crippen LogP contribution < -0.4 is 15.0 Å². The molecule has 6 nitrogen and oxygen atoms in total. The van der Waals surface area contributed by atoms with E-state index >= 15 is 0 Å². The van der Waals surface area contributed by atoms with Gasteiger partial charge in [-0.3, -0.25) is 9.59 Å². The van der Waals surface area contributed by atoms with E-state index in [0.717, 1.165) is 63.5 Å². The lowest BCUT2D eigenvalue weighted by Gasteiger charge is -2.41. The van der Waals surface area contributed by atoms with E-state index in [-0.39, 0.29) is 29.7 Å². The van der Waals surface area contributed by atoms with Crippen LogP contribution in [0.1, 0.15) is 36.5 Å². The number of piperidine rings is 1. The van der Waals surface area contributed by atoms with Gasteiger partial charge < -0.3 is 19.9 Å². The Labute approximate surface area is 160 Å². The molecule has 1 amide bonds. The number of nitrogens with zero attached hydrogens (tertiary/aromatic N) is 2. The van der Waals surface area contributed by atoms with Crippen molar-refractivity contribution >= 4 is 29.8 Å². The first-order valence-corrected chi connectivity index (χ1v) is 9.14. The van der Waals surface area contributed by atoms with Crippen LogP contribution in [0.4, 0.5) is 5.69 Å². The molecule has 2 fully saturated rings. The lowest BCUT2D eigenvalue weighted by molar-refractivity contribution is -0.129. The van der Waals surface area contributed by atoms with Crippen LogP contribution in [0, 0.1) is 0 Å². The summed E-state index contributed by atoms with van der Waals surface area (Å²) in [5, 5.41) is 3.33. The number of benzene rings is 1. The summed E-state index contributed by atoms with van der Waals surface area (Å²) in [5.41, 5.74) is 1.43. The Hall–Kier alpha value is -1.79. The van der Waals surface area contributed by atoms with Crippen molar-refractivity contribution in [2.24, 2.45) is 0 Å². The SMILES string of the molecule is CC(=O)N1CCN(c2ccc3c(c2)C(=O)CC2(CCNCC2)O3)CC1.Cl. The zero-order valence-corrected chi connectivity index (χ0v) is 15.9. The Morgan fingerprint density at radius 2 is 1.85 bits per heavy atom. The smallest absolute Gasteiger partial charge is 0.219 e. The molecule has 3 heterocycles. The molecule has 1 aromatic carbocycles. The van der Waals surface area contributed by atoms with Crippen molar-refractivity contribution < 1.29 is 14.3 Å².